The van der Waals surface area contributed by atoms with Crippen LogP contribution in [0.2, 0.25) is 5.15 Å². The molecule has 6 rings (SSSR count). The van der Waals surface area contributed by atoms with Crippen LogP contribution in [0.15, 0.2) is 111 Å². The average molecular weight is 547 g/mol. The maximum Gasteiger partial charge on any atom is 0.321 e. The second kappa shape index (κ2) is 11.2. The minimum absolute atomic E-state index is 0. The third kappa shape index (κ3) is 5.12. The van der Waals surface area contributed by atoms with E-state index in [1.165, 1.54) is 34.9 Å². The van der Waals surface area contributed by atoms with E-state index in [9.17, 15) is 23.2 Å². The molecule has 0 bridgehead atoms. The van der Waals surface area contributed by atoms with Crippen LogP contribution in [-0.2, 0) is 0 Å². The van der Waals surface area contributed by atoms with Crippen molar-refractivity contribution in [3.8, 4) is 11.4 Å². The van der Waals surface area contributed by atoms with Gasteiger partial charge >= 0.3 is 11.1 Å². The molecule has 10 heteroatoms. The maximum absolute atomic E-state index is 13.9. The van der Waals surface area contributed by atoms with Crippen LogP contribution >= 0.6 is 11.6 Å². The largest absolute Gasteiger partial charge is 0.321 e. The Labute approximate surface area is 225 Å². The van der Waals surface area contributed by atoms with Gasteiger partial charge in [0.15, 0.2) is 5.15 Å². The highest BCUT2D eigenvalue weighted by Crippen LogP contribution is 2.19. The lowest BCUT2D eigenvalue weighted by Gasteiger charge is -2.10. The summed E-state index contributed by atoms with van der Waals surface area (Å²) in [6, 6.07) is 25.6. The van der Waals surface area contributed by atoms with Gasteiger partial charge in [-0.3, -0.25) is 23.5 Å². The number of para-hydroxylation sites is 6. The summed E-state index contributed by atoms with van der Waals surface area (Å²) in [4.78, 5) is 42.2. The molecule has 0 aliphatic carbocycles. The zero-order valence-electron chi connectivity index (χ0n) is 19.4. The predicted octanol–water partition coefficient (Wildman–Crippen LogP) is 5.63. The van der Waals surface area contributed by atoms with E-state index in [4.69, 9.17) is 11.6 Å². The van der Waals surface area contributed by atoms with Gasteiger partial charge < -0.3 is 4.98 Å². The Morgan fingerprint density at radius 2 is 1.13 bits per heavy atom. The Morgan fingerprint density at radius 1 is 0.641 bits per heavy atom. The Kier molecular flexibility index (Phi) is 7.83. The van der Waals surface area contributed by atoms with Gasteiger partial charge in [0.1, 0.15) is 11.6 Å². The molecule has 4 aromatic carbocycles. The molecule has 0 amide bonds. The highest BCUT2D eigenvalue weighted by atomic mass is 35.5. The highest BCUT2D eigenvalue weighted by Gasteiger charge is 2.14. The summed E-state index contributed by atoms with van der Waals surface area (Å²) >= 11 is 5.83. The fourth-order valence-electron chi connectivity index (χ4n) is 4.01. The minimum atomic E-state index is -0.802. The molecule has 0 fully saturated rings. The number of nitrogens with one attached hydrogen (secondary N) is 1. The topological polar surface area (TPSA) is 89.8 Å². The van der Waals surface area contributed by atoms with Gasteiger partial charge in [0.25, 0.3) is 5.56 Å². The van der Waals surface area contributed by atoms with E-state index in [1.54, 1.807) is 66.7 Å². The molecule has 6 aromatic rings. The van der Waals surface area contributed by atoms with Gasteiger partial charge in [-0.25, -0.2) is 13.8 Å². The highest BCUT2D eigenvalue weighted by molar-refractivity contribution is 6.29. The first-order valence-electron chi connectivity index (χ1n) is 11.3. The zero-order valence-corrected chi connectivity index (χ0v) is 20.2. The van der Waals surface area contributed by atoms with E-state index >= 15 is 0 Å². The first-order chi connectivity index (χ1) is 18.4. The molecule has 1 N–H and O–H groups in total. The predicted molar refractivity (Wildman–Crippen MR) is 149 cm³/mol. The van der Waals surface area contributed by atoms with E-state index < -0.39 is 28.3 Å². The SMILES string of the molecule is C.O=c1[nH]c2ccccc2n(-c2ccccc2F)c1=O.O=c1c(Cl)nc2ccccc2n1-c1ccccc1F. The summed E-state index contributed by atoms with van der Waals surface area (Å²) in [7, 11) is 0. The summed E-state index contributed by atoms with van der Waals surface area (Å²) in [5.41, 5.74) is 0.101. The van der Waals surface area contributed by atoms with Crippen molar-refractivity contribution in [3.63, 3.8) is 0 Å². The van der Waals surface area contributed by atoms with Crippen molar-refractivity contribution in [1.82, 2.24) is 19.1 Å². The maximum atomic E-state index is 13.9. The number of hydrogen-bond donors (Lipinski definition) is 1. The van der Waals surface area contributed by atoms with Crippen molar-refractivity contribution >= 4 is 33.7 Å². The molecule has 0 saturated carbocycles. The normalized spacial score (nSPS) is 10.5. The summed E-state index contributed by atoms with van der Waals surface area (Å²) in [5.74, 6) is -1.04. The molecule has 0 aliphatic rings. The summed E-state index contributed by atoms with van der Waals surface area (Å²) in [6.45, 7) is 0. The van der Waals surface area contributed by atoms with Gasteiger partial charge in [-0.15, -0.1) is 0 Å². The molecule has 39 heavy (non-hydrogen) atoms. The van der Waals surface area contributed by atoms with E-state index in [-0.39, 0.29) is 24.0 Å². The van der Waals surface area contributed by atoms with Crippen LogP contribution in [0.1, 0.15) is 7.43 Å². The fourth-order valence-corrected chi connectivity index (χ4v) is 4.18. The third-order valence-corrected chi connectivity index (χ3v) is 5.94. The fraction of sp³-hybridized carbons (Fsp3) is 0.0345. The molecule has 0 radical (unpaired) electrons. The van der Waals surface area contributed by atoms with Crippen LogP contribution in [0.4, 0.5) is 8.78 Å². The molecule has 0 saturated heterocycles. The number of nitrogens with zero attached hydrogens (tertiary/aromatic N) is 3. The summed E-state index contributed by atoms with van der Waals surface area (Å²) in [5, 5.41) is -0.179. The van der Waals surface area contributed by atoms with Gasteiger partial charge in [-0.05, 0) is 48.5 Å². The van der Waals surface area contributed by atoms with Gasteiger partial charge in [0.05, 0.1) is 33.4 Å². The average Bonchev–Trinajstić information content (AvgIpc) is 2.92. The van der Waals surface area contributed by atoms with Crippen LogP contribution in [0, 0.1) is 11.6 Å². The third-order valence-electron chi connectivity index (χ3n) is 5.70. The van der Waals surface area contributed by atoms with Crippen LogP contribution < -0.4 is 16.7 Å². The van der Waals surface area contributed by atoms with Crippen molar-refractivity contribution in [1.29, 1.82) is 0 Å². The number of H-pyrrole nitrogens is 1. The molecular weight excluding hydrogens is 526 g/mol. The Balaban J connectivity index is 0.000000176. The lowest BCUT2D eigenvalue weighted by atomic mass is 10.2. The van der Waals surface area contributed by atoms with Crippen LogP contribution in [0.3, 0.4) is 0 Å². The van der Waals surface area contributed by atoms with E-state index in [0.717, 1.165) is 4.57 Å². The molecular formula is C29H21ClF2N4O3. The van der Waals surface area contributed by atoms with E-state index in [0.29, 0.717) is 22.1 Å². The minimum Gasteiger partial charge on any atom is -0.316 e. The molecule has 2 aromatic heterocycles. The number of rotatable bonds is 2. The molecule has 0 unspecified atom stereocenters. The second-order valence-corrected chi connectivity index (χ2v) is 8.40. The number of hydrogen-bond acceptors (Lipinski definition) is 4. The first-order valence-corrected chi connectivity index (χ1v) is 11.7. The number of aromatic nitrogens is 4. The van der Waals surface area contributed by atoms with Crippen molar-refractivity contribution in [2.75, 3.05) is 0 Å². The standard InChI is InChI=1S/C14H8ClFN2O.C14H9FN2O2.CH4/c15-13-14(19)18(11-7-3-1-5-9(11)16)12-8-4-2-6-10(12)17-13;15-9-5-1-3-7-11(9)17-12-8-4-2-6-10(12)16-13(18)14(17)19;/h1-8H;1-8H,(H,16,18);1H4. The number of halogens is 3. The van der Waals surface area contributed by atoms with Crippen molar-refractivity contribution < 1.29 is 8.78 Å². The molecule has 0 aliphatic heterocycles. The van der Waals surface area contributed by atoms with Gasteiger partial charge in [0, 0.05) is 0 Å². The van der Waals surface area contributed by atoms with Gasteiger partial charge in [0.2, 0.25) is 0 Å². The monoisotopic (exact) mass is 546 g/mol. The van der Waals surface area contributed by atoms with Crippen molar-refractivity contribution in [3.05, 3.63) is 145 Å². The Morgan fingerprint density at radius 3 is 1.74 bits per heavy atom. The first kappa shape index (κ1) is 27.2. The van der Waals surface area contributed by atoms with Gasteiger partial charge in [-0.2, -0.15) is 0 Å². The van der Waals surface area contributed by atoms with Crippen LogP contribution in [0.5, 0.6) is 0 Å². The second-order valence-electron chi connectivity index (χ2n) is 8.05. The quantitative estimate of drug-likeness (QED) is 0.285. The number of benzene rings is 4. The van der Waals surface area contributed by atoms with Gasteiger partial charge in [-0.1, -0.05) is 67.6 Å². The summed E-state index contributed by atoms with van der Waals surface area (Å²) < 4.78 is 30.1. The number of fused-ring (bicyclic) bond motifs is 2. The van der Waals surface area contributed by atoms with Crippen molar-refractivity contribution in [2.45, 2.75) is 7.43 Å². The van der Waals surface area contributed by atoms with Crippen molar-refractivity contribution in [2.24, 2.45) is 0 Å². The lowest BCUT2D eigenvalue weighted by Crippen LogP contribution is -2.35. The number of aromatic amines is 1. The molecule has 0 atom stereocenters. The molecule has 7 nitrogen and oxygen atoms in total. The summed E-state index contributed by atoms with van der Waals surface area (Å²) in [6.07, 6.45) is 0. The van der Waals surface area contributed by atoms with Crippen LogP contribution in [0.25, 0.3) is 33.4 Å². The van der Waals surface area contributed by atoms with Crippen LogP contribution in [-0.4, -0.2) is 19.1 Å². The Bertz CT molecular complexity index is 2000. The smallest absolute Gasteiger partial charge is 0.316 e. The Hall–Kier alpha value is -4.89. The molecule has 196 valence electrons. The lowest BCUT2D eigenvalue weighted by molar-refractivity contribution is 0.617. The zero-order chi connectivity index (χ0) is 26.8. The van der Waals surface area contributed by atoms with E-state index in [2.05, 4.69) is 9.97 Å². The van der Waals surface area contributed by atoms with E-state index in [1.807, 2.05) is 0 Å². The molecule has 2 heterocycles. The molecule has 0 spiro atoms.